The fourth-order valence-electron chi connectivity index (χ4n) is 7.56. The summed E-state index contributed by atoms with van der Waals surface area (Å²) in [5, 5.41) is 41.1. The van der Waals surface area contributed by atoms with Crippen LogP contribution in [0.5, 0.6) is 17.2 Å². The molecule has 7 rings (SSSR count). The van der Waals surface area contributed by atoms with Crippen LogP contribution in [0.3, 0.4) is 0 Å². The van der Waals surface area contributed by atoms with E-state index in [2.05, 4.69) is 117 Å². The molecule has 6 aromatic carbocycles. The summed E-state index contributed by atoms with van der Waals surface area (Å²) in [7, 11) is 0. The first-order valence-electron chi connectivity index (χ1n) is 19.0. The lowest BCUT2D eigenvalue weighted by Gasteiger charge is -2.22. The van der Waals surface area contributed by atoms with Gasteiger partial charge in [0.15, 0.2) is 0 Å². The van der Waals surface area contributed by atoms with Crippen molar-refractivity contribution in [2.45, 2.75) is 118 Å². The van der Waals surface area contributed by atoms with Crippen LogP contribution in [0, 0.1) is 0 Å². The zero-order valence-electron chi connectivity index (χ0n) is 33.2. The maximum Gasteiger partial charge on any atom is 0.127 e. The maximum absolute atomic E-state index is 11.8. The number of rotatable bonds is 0. The molecule has 3 N–H and O–H groups in total. The highest BCUT2D eigenvalue weighted by Crippen LogP contribution is 2.40. The van der Waals surface area contributed by atoms with Crippen molar-refractivity contribution in [3.63, 3.8) is 0 Å². The Hall–Kier alpha value is -4.62. The molecule has 1 aliphatic heterocycles. The van der Waals surface area contributed by atoms with Crippen LogP contribution < -0.4 is 0 Å². The average Bonchev–Trinajstić information content (AvgIpc) is 3.09. The van der Waals surface area contributed by atoms with Gasteiger partial charge in [0.05, 0.1) is 39.6 Å². The lowest BCUT2D eigenvalue weighted by molar-refractivity contribution is 0.0944. The molecule has 1 heterocycles. The van der Waals surface area contributed by atoms with Gasteiger partial charge in [-0.1, -0.05) is 117 Å². The van der Waals surface area contributed by atoms with Crippen LogP contribution in [-0.2, 0) is 70.1 Å². The molecule has 0 saturated carbocycles. The number of hydrogen-bond acceptors (Lipinski definition) is 6. The molecule has 1 aliphatic rings. The lowest BCUT2D eigenvalue weighted by atomic mass is 9.85. The third-order valence-electron chi connectivity index (χ3n) is 11.0. The van der Waals surface area contributed by atoms with Gasteiger partial charge in [-0.3, -0.25) is 0 Å². The predicted octanol–water partition coefficient (Wildman–Crippen LogP) is 11.6. The third kappa shape index (κ3) is 7.27. The molecule has 6 aromatic rings. The van der Waals surface area contributed by atoms with Gasteiger partial charge < -0.3 is 29.5 Å². The predicted molar refractivity (Wildman–Crippen MR) is 218 cm³/mol. The van der Waals surface area contributed by atoms with Crippen LogP contribution in [0.15, 0.2) is 72.8 Å². The van der Waals surface area contributed by atoms with Crippen LogP contribution in [-0.4, -0.2) is 15.3 Å². The molecule has 0 spiro atoms. The second-order valence-electron chi connectivity index (χ2n) is 18.1. The SMILES string of the molecule is CC(C)(C)c1ccc2c3c(O)c(cc2c1)COCc1cc2cc(C(C)(C)C)ccc2c(c1O)COCc1c(O)c(cc2cc(C(C)(C)C)ccc12)COC3. The standard InChI is InChI=1S/C48H54O6/c1-46(2,3)34-10-13-37-28(19-34)16-31-22-52-23-32-17-29-20-35(47(4,5)6)11-14-38(29)41(44(32)50)26-54-27-42-39-15-12-36(48(7,8)9)21-30(39)18-33(45(42)51)24-53-25-40(37)43(31)49/h10-21,49-51H,22-27H2,1-9H3. The summed E-state index contributed by atoms with van der Waals surface area (Å²) in [6.45, 7) is 20.4. The Morgan fingerprint density at radius 2 is 0.630 bits per heavy atom. The largest absolute Gasteiger partial charge is 0.507 e. The molecule has 6 bridgehead atoms. The number of aromatic hydroxyl groups is 3. The van der Waals surface area contributed by atoms with Gasteiger partial charge in [-0.15, -0.1) is 0 Å². The third-order valence-corrected chi connectivity index (χ3v) is 11.0. The Morgan fingerprint density at radius 1 is 0.370 bits per heavy atom. The van der Waals surface area contributed by atoms with E-state index >= 15 is 0 Å². The molecule has 0 saturated heterocycles. The molecule has 0 aliphatic carbocycles. The van der Waals surface area contributed by atoms with E-state index in [0.717, 1.165) is 32.3 Å². The van der Waals surface area contributed by atoms with Crippen molar-refractivity contribution in [1.82, 2.24) is 0 Å². The Balaban J connectivity index is 1.40. The molecule has 282 valence electrons. The highest BCUT2D eigenvalue weighted by atomic mass is 16.5. The first kappa shape index (κ1) is 37.7. The van der Waals surface area contributed by atoms with Gasteiger partial charge in [-0.05, 0) is 83.5 Å². The fraction of sp³-hybridized carbons (Fsp3) is 0.375. The van der Waals surface area contributed by atoms with Crippen molar-refractivity contribution in [3.8, 4) is 17.2 Å². The molecule has 6 nitrogen and oxygen atoms in total. The van der Waals surface area contributed by atoms with Crippen molar-refractivity contribution in [2.24, 2.45) is 0 Å². The van der Waals surface area contributed by atoms with Crippen LogP contribution in [0.4, 0.5) is 0 Å². The van der Waals surface area contributed by atoms with Crippen molar-refractivity contribution in [3.05, 3.63) is 123 Å². The summed E-state index contributed by atoms with van der Waals surface area (Å²) >= 11 is 0. The minimum atomic E-state index is -0.0684. The van der Waals surface area contributed by atoms with Crippen molar-refractivity contribution < 1.29 is 29.5 Å². The molecule has 54 heavy (non-hydrogen) atoms. The Kier molecular flexibility index (Phi) is 9.70. The van der Waals surface area contributed by atoms with Gasteiger partial charge in [0.1, 0.15) is 17.2 Å². The summed E-state index contributed by atoms with van der Waals surface area (Å²) in [5.41, 5.74) is 7.25. The van der Waals surface area contributed by atoms with E-state index in [-0.39, 0.29) is 73.1 Å². The second kappa shape index (κ2) is 13.9. The van der Waals surface area contributed by atoms with E-state index in [1.54, 1.807) is 0 Å². The fourth-order valence-corrected chi connectivity index (χ4v) is 7.56. The minimum Gasteiger partial charge on any atom is -0.507 e. The normalized spacial score (nSPS) is 15.1. The molecule has 0 fully saturated rings. The molecular weight excluding hydrogens is 673 g/mol. The van der Waals surface area contributed by atoms with E-state index in [9.17, 15) is 15.3 Å². The summed E-state index contributed by atoms with van der Waals surface area (Å²) in [6.07, 6.45) is 0. The van der Waals surface area contributed by atoms with Crippen molar-refractivity contribution in [1.29, 1.82) is 0 Å². The summed E-state index contributed by atoms with van der Waals surface area (Å²) in [6, 6.07) is 25.0. The molecule has 0 unspecified atom stereocenters. The minimum absolute atomic E-state index is 0.0650. The van der Waals surface area contributed by atoms with Crippen molar-refractivity contribution >= 4 is 32.3 Å². The number of phenolic OH excluding ortho intramolecular Hbond substituents is 3. The van der Waals surface area contributed by atoms with E-state index in [0.29, 0.717) is 33.4 Å². The number of hydrogen-bond donors (Lipinski definition) is 3. The topological polar surface area (TPSA) is 88.4 Å². The van der Waals surface area contributed by atoms with Crippen LogP contribution in [0.2, 0.25) is 0 Å². The van der Waals surface area contributed by atoms with Gasteiger partial charge in [0.25, 0.3) is 0 Å². The number of phenols is 3. The summed E-state index contributed by atoms with van der Waals surface area (Å²) in [4.78, 5) is 0. The number of fused-ring (bicyclic) bond motifs is 12. The van der Waals surface area contributed by atoms with Crippen LogP contribution in [0.1, 0.15) is 112 Å². The van der Waals surface area contributed by atoms with Crippen molar-refractivity contribution in [2.75, 3.05) is 0 Å². The second-order valence-corrected chi connectivity index (χ2v) is 18.1. The van der Waals surface area contributed by atoms with Crippen LogP contribution in [0.25, 0.3) is 32.3 Å². The first-order chi connectivity index (χ1) is 25.4. The van der Waals surface area contributed by atoms with Crippen LogP contribution >= 0.6 is 0 Å². The average molecular weight is 727 g/mol. The van der Waals surface area contributed by atoms with Gasteiger partial charge in [0.2, 0.25) is 0 Å². The summed E-state index contributed by atoms with van der Waals surface area (Å²) in [5.74, 6) is 0.365. The molecular formula is C48H54O6. The highest BCUT2D eigenvalue weighted by molar-refractivity contribution is 5.91. The molecule has 0 amide bonds. The van der Waals surface area contributed by atoms with E-state index < -0.39 is 0 Å². The van der Waals surface area contributed by atoms with E-state index in [4.69, 9.17) is 14.2 Å². The zero-order valence-corrected chi connectivity index (χ0v) is 33.2. The number of ether oxygens (including phenoxy) is 3. The van der Waals surface area contributed by atoms with Gasteiger partial charge in [-0.2, -0.15) is 0 Å². The Bertz CT molecular complexity index is 2400. The monoisotopic (exact) mass is 726 g/mol. The zero-order chi connectivity index (χ0) is 38.7. The lowest BCUT2D eigenvalue weighted by Crippen LogP contribution is -2.11. The molecule has 0 radical (unpaired) electrons. The first-order valence-corrected chi connectivity index (χ1v) is 19.0. The quantitative estimate of drug-likeness (QED) is 0.144. The Labute approximate surface area is 319 Å². The Morgan fingerprint density at radius 3 is 0.907 bits per heavy atom. The van der Waals surface area contributed by atoms with Gasteiger partial charge in [-0.25, -0.2) is 0 Å². The van der Waals surface area contributed by atoms with E-state index in [1.807, 2.05) is 18.2 Å². The summed E-state index contributed by atoms with van der Waals surface area (Å²) < 4.78 is 19.1. The molecule has 6 heteroatoms. The maximum atomic E-state index is 11.8. The smallest absolute Gasteiger partial charge is 0.127 e. The molecule has 0 aromatic heterocycles. The highest BCUT2D eigenvalue weighted by Gasteiger charge is 2.23. The van der Waals surface area contributed by atoms with Gasteiger partial charge in [0, 0.05) is 33.4 Å². The van der Waals surface area contributed by atoms with E-state index in [1.165, 1.54) is 16.7 Å². The van der Waals surface area contributed by atoms with Gasteiger partial charge >= 0.3 is 0 Å². The number of benzene rings is 6. The molecule has 0 atom stereocenters.